The summed E-state index contributed by atoms with van der Waals surface area (Å²) in [4.78, 5) is 14.4. The Morgan fingerprint density at radius 3 is 2.63 bits per heavy atom. The number of hydrogen-bond acceptors (Lipinski definition) is 5. The molecule has 1 amide bonds. The third-order valence-electron chi connectivity index (χ3n) is 5.30. The molecule has 1 aliphatic carbocycles. The molecule has 6 nitrogen and oxygen atoms in total. The van der Waals surface area contributed by atoms with Crippen molar-refractivity contribution in [3.8, 4) is 11.5 Å². The number of benzene rings is 1. The van der Waals surface area contributed by atoms with Gasteiger partial charge in [-0.2, -0.15) is 0 Å². The zero-order valence-electron chi connectivity index (χ0n) is 16.1. The Hall–Kier alpha value is -2.47. The number of methoxy groups -OCH3 is 3. The Morgan fingerprint density at radius 2 is 1.93 bits per heavy atom. The van der Waals surface area contributed by atoms with E-state index in [-0.39, 0.29) is 23.8 Å². The molecule has 0 spiro atoms. The number of carbonyl (C=O) groups excluding carboxylic acids is 1. The fourth-order valence-electron chi connectivity index (χ4n) is 3.76. The predicted molar refractivity (Wildman–Crippen MR) is 102 cm³/mol. The van der Waals surface area contributed by atoms with Crippen LogP contribution in [0.5, 0.6) is 11.5 Å². The summed E-state index contributed by atoms with van der Waals surface area (Å²) in [6.45, 7) is 0.570. The second kappa shape index (κ2) is 8.48. The number of nitrogens with zero attached hydrogens (tertiary/aromatic N) is 1. The van der Waals surface area contributed by atoms with Crippen molar-refractivity contribution in [3.63, 3.8) is 0 Å². The van der Waals surface area contributed by atoms with Crippen LogP contribution in [0.25, 0.3) is 0 Å². The van der Waals surface area contributed by atoms with Gasteiger partial charge in [-0.1, -0.05) is 12.1 Å². The van der Waals surface area contributed by atoms with Crippen molar-refractivity contribution in [3.05, 3.63) is 47.2 Å². The first-order valence-electron chi connectivity index (χ1n) is 9.17. The summed E-state index contributed by atoms with van der Waals surface area (Å²) in [7, 11) is 4.82. The first-order chi connectivity index (χ1) is 13.0. The molecule has 0 bridgehead atoms. The predicted octanol–water partition coefficient (Wildman–Crippen LogP) is 3.02. The molecule has 1 unspecified atom stereocenters. The van der Waals surface area contributed by atoms with Crippen molar-refractivity contribution in [1.29, 1.82) is 0 Å². The number of rotatable bonds is 7. The van der Waals surface area contributed by atoms with Crippen LogP contribution in [0.4, 0.5) is 0 Å². The topological polar surface area (TPSA) is 68.2 Å². The molecule has 1 N–H and O–H groups in total. The highest BCUT2D eigenvalue weighted by molar-refractivity contribution is 5.79. The van der Waals surface area contributed by atoms with E-state index in [1.165, 1.54) is 0 Å². The van der Waals surface area contributed by atoms with Gasteiger partial charge in [-0.05, 0) is 42.2 Å². The smallest absolute Gasteiger partial charge is 0.223 e. The normalized spacial score (nSPS) is 22.5. The van der Waals surface area contributed by atoms with Crippen LogP contribution < -0.4 is 9.47 Å². The maximum Gasteiger partial charge on any atom is 0.223 e. The number of aliphatic hydroxyl groups is 1. The van der Waals surface area contributed by atoms with Crippen LogP contribution >= 0.6 is 0 Å². The van der Waals surface area contributed by atoms with Crippen LogP contribution in [-0.4, -0.2) is 55.9 Å². The molecule has 146 valence electrons. The lowest BCUT2D eigenvalue weighted by molar-refractivity contribution is -0.128. The molecule has 1 saturated heterocycles. The van der Waals surface area contributed by atoms with E-state index in [1.54, 1.807) is 27.4 Å². The first kappa shape index (κ1) is 19.3. The van der Waals surface area contributed by atoms with E-state index in [0.29, 0.717) is 30.9 Å². The monoisotopic (exact) mass is 373 g/mol. The quantitative estimate of drug-likeness (QED) is 0.796. The highest BCUT2D eigenvalue weighted by Crippen LogP contribution is 2.31. The zero-order valence-corrected chi connectivity index (χ0v) is 16.1. The van der Waals surface area contributed by atoms with Gasteiger partial charge in [0.25, 0.3) is 0 Å². The van der Waals surface area contributed by atoms with Gasteiger partial charge in [0.2, 0.25) is 5.91 Å². The molecule has 0 aromatic heterocycles. The molecule has 2 aliphatic rings. The molecule has 1 aromatic rings. The number of allylic oxidation sites excluding steroid dienone is 2. The Bertz CT molecular complexity index is 755. The SMILES string of the molecule is COc1ccc(C[C@@H]2CCC(=O)N2CC2=CC=C(O)C(OC)C2)cc1OC. The minimum Gasteiger partial charge on any atom is -0.510 e. The highest BCUT2D eigenvalue weighted by Gasteiger charge is 2.32. The average Bonchev–Trinajstić information content (AvgIpc) is 3.02. The molecule has 2 atom stereocenters. The van der Waals surface area contributed by atoms with E-state index in [2.05, 4.69) is 0 Å². The number of hydrogen-bond donors (Lipinski definition) is 1. The molecule has 6 heteroatoms. The van der Waals surface area contributed by atoms with E-state index >= 15 is 0 Å². The van der Waals surface area contributed by atoms with Crippen molar-refractivity contribution >= 4 is 5.91 Å². The van der Waals surface area contributed by atoms with Crippen molar-refractivity contribution < 1.29 is 24.1 Å². The third-order valence-corrected chi connectivity index (χ3v) is 5.30. The Kier molecular flexibility index (Phi) is 6.06. The summed E-state index contributed by atoms with van der Waals surface area (Å²) < 4.78 is 16.0. The van der Waals surface area contributed by atoms with Gasteiger partial charge in [-0.3, -0.25) is 4.79 Å². The molecule has 1 heterocycles. The van der Waals surface area contributed by atoms with Gasteiger partial charge in [-0.15, -0.1) is 0 Å². The van der Waals surface area contributed by atoms with Gasteiger partial charge in [0, 0.05) is 32.5 Å². The highest BCUT2D eigenvalue weighted by atomic mass is 16.5. The van der Waals surface area contributed by atoms with E-state index in [0.717, 1.165) is 24.0 Å². The van der Waals surface area contributed by atoms with Gasteiger partial charge < -0.3 is 24.2 Å². The van der Waals surface area contributed by atoms with Crippen molar-refractivity contribution in [2.45, 2.75) is 37.8 Å². The number of ether oxygens (including phenoxy) is 3. The lowest BCUT2D eigenvalue weighted by Gasteiger charge is -2.28. The van der Waals surface area contributed by atoms with Crippen molar-refractivity contribution in [2.75, 3.05) is 27.9 Å². The molecule has 1 aromatic carbocycles. The minimum absolute atomic E-state index is 0.150. The molecule has 1 aliphatic heterocycles. The van der Waals surface area contributed by atoms with Gasteiger partial charge >= 0.3 is 0 Å². The van der Waals surface area contributed by atoms with E-state index in [9.17, 15) is 9.90 Å². The van der Waals surface area contributed by atoms with E-state index < -0.39 is 0 Å². The summed E-state index contributed by atoms with van der Waals surface area (Å²) >= 11 is 0. The largest absolute Gasteiger partial charge is 0.510 e. The summed E-state index contributed by atoms with van der Waals surface area (Å²) in [6.07, 6.45) is 6.02. The number of likely N-dealkylation sites (tertiary alicyclic amines) is 1. The van der Waals surface area contributed by atoms with Gasteiger partial charge in [0.1, 0.15) is 11.9 Å². The Labute approximate surface area is 160 Å². The van der Waals surface area contributed by atoms with Crippen LogP contribution in [0, 0.1) is 0 Å². The first-order valence-corrected chi connectivity index (χ1v) is 9.17. The summed E-state index contributed by atoms with van der Waals surface area (Å²) in [6, 6.07) is 6.04. The number of aliphatic hydroxyl groups excluding tert-OH is 1. The van der Waals surface area contributed by atoms with Crippen LogP contribution in [0.3, 0.4) is 0 Å². The molecular formula is C21H27NO5. The summed E-state index contributed by atoms with van der Waals surface area (Å²) in [5.74, 6) is 1.81. The fourth-order valence-corrected chi connectivity index (χ4v) is 3.76. The maximum absolute atomic E-state index is 12.4. The van der Waals surface area contributed by atoms with E-state index in [1.807, 2.05) is 29.2 Å². The second-order valence-corrected chi connectivity index (χ2v) is 6.95. The minimum atomic E-state index is -0.327. The van der Waals surface area contributed by atoms with Crippen LogP contribution in [0.1, 0.15) is 24.8 Å². The van der Waals surface area contributed by atoms with Crippen molar-refractivity contribution in [1.82, 2.24) is 4.90 Å². The van der Waals surface area contributed by atoms with Crippen molar-refractivity contribution in [2.24, 2.45) is 0 Å². The van der Waals surface area contributed by atoms with Crippen LogP contribution in [0.2, 0.25) is 0 Å². The van der Waals surface area contributed by atoms with Gasteiger partial charge in [0.05, 0.1) is 14.2 Å². The molecule has 1 fully saturated rings. The fraction of sp³-hybridized carbons (Fsp3) is 0.476. The Morgan fingerprint density at radius 1 is 1.15 bits per heavy atom. The van der Waals surface area contributed by atoms with Gasteiger partial charge in [0.15, 0.2) is 11.5 Å². The molecule has 3 rings (SSSR count). The average molecular weight is 373 g/mol. The van der Waals surface area contributed by atoms with E-state index in [4.69, 9.17) is 14.2 Å². The maximum atomic E-state index is 12.4. The molecular weight excluding hydrogens is 346 g/mol. The molecule has 0 saturated carbocycles. The lowest BCUT2D eigenvalue weighted by Crippen LogP contribution is -2.37. The van der Waals surface area contributed by atoms with Crippen LogP contribution in [-0.2, 0) is 16.0 Å². The number of amides is 1. The molecule has 0 radical (unpaired) electrons. The second-order valence-electron chi connectivity index (χ2n) is 6.95. The Balaban J connectivity index is 1.72. The zero-order chi connectivity index (χ0) is 19.4. The summed E-state index contributed by atoms with van der Waals surface area (Å²) in [5.41, 5.74) is 2.20. The lowest BCUT2D eigenvalue weighted by atomic mass is 9.99. The number of carbonyl (C=O) groups is 1. The molecule has 27 heavy (non-hydrogen) atoms. The standard InChI is InChI=1S/C21H27NO5/c1-25-18-8-5-14(11-20(18)27-3)10-16-6-9-21(24)22(16)13-15-4-7-17(23)19(12-15)26-2/h4-5,7-8,11,16,19,23H,6,9-10,12-13H2,1-3H3/t16-,19?/m0/s1. The van der Waals surface area contributed by atoms with Crippen LogP contribution in [0.15, 0.2) is 41.7 Å². The third kappa shape index (κ3) is 4.27. The summed E-state index contributed by atoms with van der Waals surface area (Å²) in [5, 5.41) is 9.83. The van der Waals surface area contributed by atoms with Gasteiger partial charge in [-0.25, -0.2) is 0 Å².